The number of thioether (sulfide) groups is 1. The third-order valence-electron chi connectivity index (χ3n) is 6.89. The number of allylic oxidation sites excluding steroid dienone is 1. The van der Waals surface area contributed by atoms with Crippen molar-refractivity contribution in [3.8, 4) is 0 Å². The van der Waals surface area contributed by atoms with Gasteiger partial charge in [0.25, 0.3) is 0 Å². The van der Waals surface area contributed by atoms with Crippen molar-refractivity contribution >= 4 is 34.6 Å². The van der Waals surface area contributed by atoms with Crippen molar-refractivity contribution in [2.24, 2.45) is 4.99 Å². The van der Waals surface area contributed by atoms with Crippen molar-refractivity contribution in [2.75, 3.05) is 10.7 Å². The minimum Gasteiger partial charge on any atom is -0.335 e. The van der Waals surface area contributed by atoms with Crippen molar-refractivity contribution in [1.29, 1.82) is 0 Å². The van der Waals surface area contributed by atoms with Gasteiger partial charge in [-0.3, -0.25) is 4.79 Å². The molecule has 4 nitrogen and oxygen atoms in total. The first kappa shape index (κ1) is 26.9. The predicted molar refractivity (Wildman–Crippen MR) is 156 cm³/mol. The summed E-state index contributed by atoms with van der Waals surface area (Å²) in [6.07, 6.45) is 4.77. The first-order chi connectivity index (χ1) is 18.9. The van der Waals surface area contributed by atoms with E-state index in [4.69, 9.17) is 4.99 Å². The average Bonchev–Trinajstić information content (AvgIpc) is 2.94. The summed E-state index contributed by atoms with van der Waals surface area (Å²) in [6, 6.07) is 22.3. The lowest BCUT2D eigenvalue weighted by molar-refractivity contribution is -0.116. The SMILES string of the molecule is CC(C)N(C(=O)CSC1=N[C@H](c2ccc(F)cc2)C2=C(N1)/C(=C/c1ccc(F)cc1)CCC2)c1ccccc1. The van der Waals surface area contributed by atoms with Crippen LogP contribution in [0.3, 0.4) is 0 Å². The van der Waals surface area contributed by atoms with Crippen LogP contribution in [-0.4, -0.2) is 22.9 Å². The van der Waals surface area contributed by atoms with E-state index in [9.17, 15) is 13.6 Å². The molecule has 0 bridgehead atoms. The maximum atomic E-state index is 13.7. The number of nitrogens with zero attached hydrogens (tertiary/aromatic N) is 2. The topological polar surface area (TPSA) is 44.7 Å². The van der Waals surface area contributed by atoms with Crippen molar-refractivity contribution in [3.63, 3.8) is 0 Å². The Morgan fingerprint density at radius 2 is 1.67 bits per heavy atom. The van der Waals surface area contributed by atoms with Crippen LogP contribution in [0.25, 0.3) is 6.08 Å². The van der Waals surface area contributed by atoms with Gasteiger partial charge >= 0.3 is 0 Å². The fourth-order valence-corrected chi connectivity index (χ4v) is 5.86. The van der Waals surface area contributed by atoms with Gasteiger partial charge in [0.2, 0.25) is 5.91 Å². The van der Waals surface area contributed by atoms with Gasteiger partial charge in [0.15, 0.2) is 5.17 Å². The van der Waals surface area contributed by atoms with Crippen molar-refractivity contribution in [1.82, 2.24) is 5.32 Å². The van der Waals surface area contributed by atoms with E-state index in [0.717, 1.165) is 52.9 Å². The van der Waals surface area contributed by atoms with Gasteiger partial charge < -0.3 is 10.2 Å². The number of aliphatic imine (C=N–C) groups is 1. The van der Waals surface area contributed by atoms with Crippen molar-refractivity contribution in [3.05, 3.63) is 118 Å². The molecule has 0 radical (unpaired) electrons. The summed E-state index contributed by atoms with van der Waals surface area (Å²) in [5.41, 5.74) is 5.94. The summed E-state index contributed by atoms with van der Waals surface area (Å²) >= 11 is 1.38. The van der Waals surface area contributed by atoms with Gasteiger partial charge in [0.1, 0.15) is 17.7 Å². The molecular weight excluding hydrogens is 512 g/mol. The molecule has 1 amide bonds. The number of nitrogens with one attached hydrogen (secondary N) is 1. The Morgan fingerprint density at radius 3 is 2.33 bits per heavy atom. The zero-order valence-electron chi connectivity index (χ0n) is 22.0. The van der Waals surface area contributed by atoms with Crippen molar-refractivity contribution < 1.29 is 13.6 Å². The molecule has 0 unspecified atom stereocenters. The van der Waals surface area contributed by atoms with Gasteiger partial charge in [-0.25, -0.2) is 13.8 Å². The van der Waals surface area contributed by atoms with Gasteiger partial charge in [-0.05, 0) is 97.9 Å². The Morgan fingerprint density at radius 1 is 1.00 bits per heavy atom. The Hall–Kier alpha value is -3.71. The molecule has 1 N–H and O–H groups in total. The van der Waals surface area contributed by atoms with Crippen LogP contribution in [0.5, 0.6) is 0 Å². The highest BCUT2D eigenvalue weighted by molar-refractivity contribution is 8.14. The van der Waals surface area contributed by atoms with E-state index in [1.807, 2.05) is 44.2 Å². The van der Waals surface area contributed by atoms with E-state index in [1.165, 1.54) is 36.0 Å². The summed E-state index contributed by atoms with van der Waals surface area (Å²) in [5.74, 6) is -0.348. The van der Waals surface area contributed by atoms with Crippen LogP contribution in [0.1, 0.15) is 50.3 Å². The summed E-state index contributed by atoms with van der Waals surface area (Å²) in [4.78, 5) is 20.2. The third-order valence-corrected chi connectivity index (χ3v) is 7.76. The highest BCUT2D eigenvalue weighted by atomic mass is 32.2. The number of benzene rings is 3. The molecule has 5 rings (SSSR count). The second kappa shape index (κ2) is 12.0. The van der Waals surface area contributed by atoms with E-state index in [2.05, 4.69) is 11.4 Å². The highest BCUT2D eigenvalue weighted by Gasteiger charge is 2.31. The predicted octanol–water partition coefficient (Wildman–Crippen LogP) is 7.66. The van der Waals surface area contributed by atoms with Crippen molar-refractivity contribution in [2.45, 2.75) is 45.2 Å². The maximum absolute atomic E-state index is 13.7. The third kappa shape index (κ3) is 6.31. The molecule has 0 aromatic heterocycles. The van der Waals surface area contributed by atoms with E-state index in [-0.39, 0.29) is 35.4 Å². The first-order valence-electron chi connectivity index (χ1n) is 13.2. The van der Waals surface area contributed by atoms with Gasteiger partial charge in [0.05, 0.1) is 5.75 Å². The fraction of sp³-hybridized carbons (Fsp3) is 0.250. The zero-order valence-corrected chi connectivity index (χ0v) is 22.8. The van der Waals surface area contributed by atoms with Crippen LogP contribution in [0.2, 0.25) is 0 Å². The molecule has 1 aliphatic carbocycles. The number of amides is 1. The van der Waals surface area contributed by atoms with Gasteiger partial charge in [-0.15, -0.1) is 0 Å². The number of amidine groups is 1. The summed E-state index contributed by atoms with van der Waals surface area (Å²) in [6.45, 7) is 4.00. The van der Waals surface area contributed by atoms with Crippen LogP contribution in [0.4, 0.5) is 14.5 Å². The van der Waals surface area contributed by atoms with Crippen LogP contribution in [0, 0.1) is 11.6 Å². The number of anilines is 1. The summed E-state index contributed by atoms with van der Waals surface area (Å²) in [7, 11) is 0. The van der Waals surface area contributed by atoms with E-state index in [1.54, 1.807) is 29.2 Å². The molecule has 1 heterocycles. The minimum atomic E-state index is -0.290. The van der Waals surface area contributed by atoms with Gasteiger partial charge in [-0.2, -0.15) is 0 Å². The number of halogens is 2. The van der Waals surface area contributed by atoms with E-state index < -0.39 is 0 Å². The molecule has 0 spiro atoms. The normalized spacial score (nSPS) is 18.0. The highest BCUT2D eigenvalue weighted by Crippen LogP contribution is 2.41. The molecule has 2 aliphatic rings. The fourth-order valence-electron chi connectivity index (χ4n) is 5.11. The lowest BCUT2D eigenvalue weighted by Crippen LogP contribution is -2.39. The second-order valence-corrected chi connectivity index (χ2v) is 10.9. The summed E-state index contributed by atoms with van der Waals surface area (Å²) in [5, 5.41) is 4.17. The first-order valence-corrected chi connectivity index (χ1v) is 14.2. The monoisotopic (exact) mass is 543 g/mol. The maximum Gasteiger partial charge on any atom is 0.237 e. The van der Waals surface area contributed by atoms with E-state index >= 15 is 0 Å². The number of para-hydroxylation sites is 1. The molecule has 200 valence electrons. The van der Waals surface area contributed by atoms with Crippen LogP contribution in [0.15, 0.2) is 101 Å². The molecule has 7 heteroatoms. The van der Waals surface area contributed by atoms with E-state index in [0.29, 0.717) is 5.17 Å². The molecule has 0 saturated carbocycles. The Balaban J connectivity index is 1.44. The van der Waals surface area contributed by atoms with Gasteiger partial charge in [0, 0.05) is 17.4 Å². The quantitative estimate of drug-likeness (QED) is 0.347. The minimum absolute atomic E-state index is 0.00506. The standard InChI is InChI=1S/C32H31F2N3OS/c1-21(2)37(27-8-4-3-5-9-27)29(38)20-39-32-35-30(23-13-17-26(34)18-14-23)28-10-6-7-24(31(28)36-32)19-22-11-15-25(33)16-12-22/h3-5,8-9,11-19,21,30H,6-7,10,20H2,1-2H3,(H,35,36)/b24-19+/t30-/m1/s1. The molecule has 1 atom stereocenters. The zero-order chi connectivity index (χ0) is 27.4. The number of rotatable bonds is 6. The molecule has 1 aliphatic heterocycles. The largest absolute Gasteiger partial charge is 0.335 e. The second-order valence-electron chi connectivity index (χ2n) is 9.97. The molecule has 3 aromatic rings. The average molecular weight is 544 g/mol. The molecular formula is C32H31F2N3OS. The summed E-state index contributed by atoms with van der Waals surface area (Å²) < 4.78 is 27.2. The molecule has 0 saturated heterocycles. The Kier molecular flexibility index (Phi) is 8.27. The molecule has 0 fully saturated rings. The van der Waals surface area contributed by atoms with Crippen LogP contribution < -0.4 is 10.2 Å². The van der Waals surface area contributed by atoms with Crippen LogP contribution >= 0.6 is 11.8 Å². The van der Waals surface area contributed by atoms with Crippen LogP contribution in [-0.2, 0) is 4.79 Å². The smallest absolute Gasteiger partial charge is 0.237 e. The number of carbonyl (C=O) groups excluding carboxylic acids is 1. The molecule has 39 heavy (non-hydrogen) atoms. The number of hydrogen-bond donors (Lipinski definition) is 1. The lowest BCUT2D eigenvalue weighted by Gasteiger charge is -2.33. The number of hydrogen-bond acceptors (Lipinski definition) is 4. The Bertz CT molecular complexity index is 1410. The number of carbonyl (C=O) groups is 1. The molecule has 3 aromatic carbocycles. The lowest BCUT2D eigenvalue weighted by atomic mass is 9.84. The van der Waals surface area contributed by atoms with Gasteiger partial charge in [-0.1, -0.05) is 54.2 Å². The Labute approximate surface area is 232 Å².